The zero-order chi connectivity index (χ0) is 11.1. The van der Waals surface area contributed by atoms with Crippen LogP contribution < -0.4 is 0 Å². The largest absolute Gasteiger partial charge is 0.358 e. The molecule has 2 heteroatoms. The predicted molar refractivity (Wildman–Crippen MR) is 61.2 cm³/mol. The fourth-order valence-electron chi connectivity index (χ4n) is 2.51. The lowest BCUT2D eigenvalue weighted by Gasteiger charge is -2.21. The topological polar surface area (TPSA) is 32.9 Å². The van der Waals surface area contributed by atoms with Crippen LogP contribution in [0.15, 0.2) is 6.20 Å². The van der Waals surface area contributed by atoms with Gasteiger partial charge in [-0.05, 0) is 37.8 Å². The second-order valence-electron chi connectivity index (χ2n) is 5.07. The summed E-state index contributed by atoms with van der Waals surface area (Å²) in [5.41, 5.74) is 3.02. The molecule has 0 spiro atoms. The number of aromatic amines is 1. The number of carbonyl (C=O) groups excluding carboxylic acids is 1. The molecular weight excluding hydrogens is 186 g/mol. The minimum Gasteiger partial charge on any atom is -0.358 e. The number of nitrogens with one attached hydrogen (secondary N) is 1. The van der Waals surface area contributed by atoms with Gasteiger partial charge in [0.15, 0.2) is 5.78 Å². The van der Waals surface area contributed by atoms with Crippen molar-refractivity contribution >= 4 is 5.78 Å². The molecule has 0 amide bonds. The van der Waals surface area contributed by atoms with Gasteiger partial charge in [0.25, 0.3) is 0 Å². The van der Waals surface area contributed by atoms with Crippen LogP contribution in [0, 0.1) is 19.3 Å². The van der Waals surface area contributed by atoms with E-state index in [2.05, 4.69) is 11.9 Å². The predicted octanol–water partition coefficient (Wildman–Crippen LogP) is 3.39. The van der Waals surface area contributed by atoms with Crippen molar-refractivity contribution < 1.29 is 4.79 Å². The Labute approximate surface area is 91.1 Å². The maximum absolute atomic E-state index is 12.4. The smallest absolute Gasteiger partial charge is 0.185 e. The summed E-state index contributed by atoms with van der Waals surface area (Å²) in [6.45, 7) is 6.18. The molecule has 1 heterocycles. The molecule has 0 unspecified atom stereocenters. The molecule has 2 rings (SSSR count). The van der Waals surface area contributed by atoms with Crippen molar-refractivity contribution in [2.24, 2.45) is 5.41 Å². The number of aryl methyl sites for hydroxylation is 1. The molecule has 1 aromatic rings. The molecule has 1 saturated carbocycles. The first-order valence-corrected chi connectivity index (χ1v) is 5.74. The third-order valence-corrected chi connectivity index (χ3v) is 3.88. The summed E-state index contributed by atoms with van der Waals surface area (Å²) >= 11 is 0. The number of rotatable bonds is 2. The van der Waals surface area contributed by atoms with Gasteiger partial charge in [-0.25, -0.2) is 0 Å². The summed E-state index contributed by atoms with van der Waals surface area (Å²) in [6, 6.07) is 0. The zero-order valence-corrected chi connectivity index (χ0v) is 9.81. The molecular formula is C13H19NO. The Morgan fingerprint density at radius 1 is 1.33 bits per heavy atom. The van der Waals surface area contributed by atoms with Crippen LogP contribution in [0.2, 0.25) is 0 Å². The molecule has 82 valence electrons. The monoisotopic (exact) mass is 205 g/mol. The highest BCUT2D eigenvalue weighted by atomic mass is 16.1. The Kier molecular flexibility index (Phi) is 2.45. The summed E-state index contributed by atoms with van der Waals surface area (Å²) in [5, 5.41) is 0. The van der Waals surface area contributed by atoms with Crippen LogP contribution in [0.4, 0.5) is 0 Å². The van der Waals surface area contributed by atoms with Crippen LogP contribution >= 0.6 is 0 Å². The average molecular weight is 205 g/mol. The first-order valence-electron chi connectivity index (χ1n) is 5.74. The number of hydrogen-bond acceptors (Lipinski definition) is 1. The Morgan fingerprint density at radius 2 is 1.93 bits per heavy atom. The molecule has 0 saturated heterocycles. The standard InChI is InChI=1S/C13H19NO/c1-9-8-14-11(10(9)2)12(15)13(3)6-4-5-7-13/h8,14H,4-7H2,1-3H3. The van der Waals surface area contributed by atoms with Crippen LogP contribution in [0.3, 0.4) is 0 Å². The van der Waals surface area contributed by atoms with Gasteiger partial charge >= 0.3 is 0 Å². The lowest BCUT2D eigenvalue weighted by atomic mass is 9.82. The maximum atomic E-state index is 12.4. The molecule has 0 radical (unpaired) electrons. The third-order valence-electron chi connectivity index (χ3n) is 3.88. The van der Waals surface area contributed by atoms with Crippen molar-refractivity contribution in [2.45, 2.75) is 46.5 Å². The fraction of sp³-hybridized carbons (Fsp3) is 0.615. The second-order valence-corrected chi connectivity index (χ2v) is 5.07. The molecule has 1 aliphatic rings. The molecule has 0 aromatic carbocycles. The van der Waals surface area contributed by atoms with E-state index in [1.54, 1.807) is 0 Å². The molecule has 1 N–H and O–H groups in total. The van der Waals surface area contributed by atoms with E-state index in [0.717, 1.165) is 24.1 Å². The summed E-state index contributed by atoms with van der Waals surface area (Å²) in [5.74, 6) is 0.311. The van der Waals surface area contributed by atoms with E-state index in [1.807, 2.05) is 20.0 Å². The molecule has 1 aromatic heterocycles. The van der Waals surface area contributed by atoms with Crippen LogP contribution in [0.25, 0.3) is 0 Å². The van der Waals surface area contributed by atoms with Crippen LogP contribution in [-0.2, 0) is 0 Å². The van der Waals surface area contributed by atoms with E-state index in [0.29, 0.717) is 5.78 Å². The average Bonchev–Trinajstić information content (AvgIpc) is 2.77. The van der Waals surface area contributed by atoms with E-state index >= 15 is 0 Å². The van der Waals surface area contributed by atoms with Crippen LogP contribution in [0.1, 0.15) is 54.2 Å². The van der Waals surface area contributed by atoms with Gasteiger partial charge in [0.05, 0.1) is 5.69 Å². The summed E-state index contributed by atoms with van der Waals surface area (Å²) in [4.78, 5) is 15.5. The van der Waals surface area contributed by atoms with Gasteiger partial charge in [0.2, 0.25) is 0 Å². The molecule has 0 bridgehead atoms. The first kappa shape index (κ1) is 10.5. The minimum absolute atomic E-state index is 0.109. The number of Topliss-reactive ketones (excluding diaryl/α,β-unsaturated/α-hetero) is 1. The quantitative estimate of drug-likeness (QED) is 0.737. The van der Waals surface area contributed by atoms with Crippen molar-refractivity contribution in [2.75, 3.05) is 0 Å². The van der Waals surface area contributed by atoms with E-state index in [4.69, 9.17) is 0 Å². The van der Waals surface area contributed by atoms with Crippen molar-refractivity contribution in [3.05, 3.63) is 23.0 Å². The minimum atomic E-state index is -0.109. The van der Waals surface area contributed by atoms with Gasteiger partial charge in [-0.3, -0.25) is 4.79 Å². The summed E-state index contributed by atoms with van der Waals surface area (Å²) < 4.78 is 0. The first-order chi connectivity index (χ1) is 7.04. The summed E-state index contributed by atoms with van der Waals surface area (Å²) in [7, 11) is 0. The summed E-state index contributed by atoms with van der Waals surface area (Å²) in [6.07, 6.45) is 6.41. The highest BCUT2D eigenvalue weighted by molar-refractivity contribution is 6.00. The molecule has 1 fully saturated rings. The number of ketones is 1. The Bertz CT molecular complexity index is 383. The van der Waals surface area contributed by atoms with Crippen molar-refractivity contribution in [3.8, 4) is 0 Å². The normalized spacial score (nSPS) is 19.4. The molecule has 0 aliphatic heterocycles. The molecule has 2 nitrogen and oxygen atoms in total. The van der Waals surface area contributed by atoms with Gasteiger partial charge in [-0.15, -0.1) is 0 Å². The molecule has 0 atom stereocenters. The SMILES string of the molecule is Cc1c[nH]c(C(=O)C2(C)CCCC2)c1C. The number of H-pyrrole nitrogens is 1. The Morgan fingerprint density at radius 3 is 2.40 bits per heavy atom. The Balaban J connectivity index is 2.32. The van der Waals surface area contributed by atoms with Gasteiger partial charge < -0.3 is 4.98 Å². The number of aromatic nitrogens is 1. The van der Waals surface area contributed by atoms with E-state index in [9.17, 15) is 4.79 Å². The Hall–Kier alpha value is -1.05. The number of hydrogen-bond donors (Lipinski definition) is 1. The van der Waals surface area contributed by atoms with Crippen molar-refractivity contribution in [1.82, 2.24) is 4.98 Å². The lowest BCUT2D eigenvalue weighted by Crippen LogP contribution is -2.25. The van der Waals surface area contributed by atoms with Crippen molar-refractivity contribution in [1.29, 1.82) is 0 Å². The van der Waals surface area contributed by atoms with Crippen LogP contribution in [-0.4, -0.2) is 10.8 Å². The lowest BCUT2D eigenvalue weighted by molar-refractivity contribution is 0.0818. The molecule has 1 aliphatic carbocycles. The van der Waals surface area contributed by atoms with Gasteiger partial charge in [0, 0.05) is 11.6 Å². The van der Waals surface area contributed by atoms with E-state index in [-0.39, 0.29) is 5.41 Å². The zero-order valence-electron chi connectivity index (χ0n) is 9.81. The highest BCUT2D eigenvalue weighted by Crippen LogP contribution is 2.40. The van der Waals surface area contributed by atoms with E-state index in [1.165, 1.54) is 18.4 Å². The number of carbonyl (C=O) groups is 1. The van der Waals surface area contributed by atoms with Crippen LogP contribution in [0.5, 0.6) is 0 Å². The molecule has 15 heavy (non-hydrogen) atoms. The maximum Gasteiger partial charge on any atom is 0.185 e. The highest BCUT2D eigenvalue weighted by Gasteiger charge is 2.37. The third kappa shape index (κ3) is 1.62. The second kappa shape index (κ2) is 3.51. The van der Waals surface area contributed by atoms with Gasteiger partial charge in [-0.2, -0.15) is 0 Å². The van der Waals surface area contributed by atoms with Crippen molar-refractivity contribution in [3.63, 3.8) is 0 Å². The van der Waals surface area contributed by atoms with Gasteiger partial charge in [-0.1, -0.05) is 19.8 Å². The van der Waals surface area contributed by atoms with E-state index < -0.39 is 0 Å². The fourth-order valence-corrected chi connectivity index (χ4v) is 2.51. The van der Waals surface area contributed by atoms with Gasteiger partial charge in [0.1, 0.15) is 0 Å².